The van der Waals surface area contributed by atoms with Crippen LogP contribution in [0.25, 0.3) is 10.8 Å². The summed E-state index contributed by atoms with van der Waals surface area (Å²) in [5, 5.41) is 2.48. The fraction of sp³-hybridized carbons (Fsp3) is 0. The second kappa shape index (κ2) is 3.19. The van der Waals surface area contributed by atoms with Crippen molar-refractivity contribution in [2.45, 2.75) is 0 Å². The van der Waals surface area contributed by atoms with Crippen LogP contribution in [0.1, 0.15) is 10.4 Å². The number of carbonyl (C=O) groups is 1. The van der Waals surface area contributed by atoms with E-state index in [0.29, 0.717) is 10.6 Å². The number of fused-ring (bicyclic) bond motifs is 1. The smallest absolute Gasteiger partial charge is 0.150 e. The van der Waals surface area contributed by atoms with Crippen LogP contribution >= 0.6 is 11.6 Å². The third kappa shape index (κ3) is 1.43. The molecule has 1 radical (unpaired) electrons. The molecule has 0 atom stereocenters. The average molecular weight is 190 g/mol. The van der Waals surface area contributed by atoms with Gasteiger partial charge in [0.05, 0.1) is 0 Å². The number of rotatable bonds is 1. The standard InChI is InChI=1S/C11H6ClO/c12-11-3-1-2-9-6-8(7-13)4-5-10(9)11/h1-5,7H. The van der Waals surface area contributed by atoms with Gasteiger partial charge < -0.3 is 0 Å². The first kappa shape index (κ1) is 8.27. The summed E-state index contributed by atoms with van der Waals surface area (Å²) < 4.78 is 0. The highest BCUT2D eigenvalue weighted by Gasteiger charge is 1.98. The Bertz CT molecular complexity index is 463. The van der Waals surface area contributed by atoms with Gasteiger partial charge in [-0.25, -0.2) is 0 Å². The molecule has 0 N–H and O–H groups in total. The minimum Gasteiger partial charge on any atom is -0.298 e. The summed E-state index contributed by atoms with van der Waals surface area (Å²) in [5.74, 6) is 0. The molecule has 0 aliphatic carbocycles. The van der Waals surface area contributed by atoms with Crippen molar-refractivity contribution < 1.29 is 4.79 Å². The SMILES string of the molecule is O=Cc1[c]c2cccc(Cl)c2cc1. The molecule has 0 aromatic heterocycles. The van der Waals surface area contributed by atoms with E-state index < -0.39 is 0 Å². The molecular weight excluding hydrogens is 184 g/mol. The van der Waals surface area contributed by atoms with Gasteiger partial charge in [0.1, 0.15) is 0 Å². The van der Waals surface area contributed by atoms with Gasteiger partial charge in [-0.05, 0) is 11.5 Å². The van der Waals surface area contributed by atoms with Crippen LogP contribution in [0.4, 0.5) is 0 Å². The molecule has 2 aromatic carbocycles. The largest absolute Gasteiger partial charge is 0.298 e. The van der Waals surface area contributed by atoms with Crippen molar-refractivity contribution in [3.8, 4) is 0 Å². The third-order valence-corrected chi connectivity index (χ3v) is 2.22. The summed E-state index contributed by atoms with van der Waals surface area (Å²) in [4.78, 5) is 10.5. The van der Waals surface area contributed by atoms with Gasteiger partial charge in [0.2, 0.25) is 0 Å². The lowest BCUT2D eigenvalue weighted by atomic mass is 10.1. The zero-order chi connectivity index (χ0) is 9.26. The molecule has 0 saturated carbocycles. The Hall–Kier alpha value is -1.34. The predicted molar refractivity (Wildman–Crippen MR) is 53.2 cm³/mol. The molecule has 63 valence electrons. The second-order valence-corrected chi connectivity index (χ2v) is 3.14. The fourth-order valence-corrected chi connectivity index (χ4v) is 1.49. The Morgan fingerprint density at radius 3 is 2.85 bits per heavy atom. The number of benzene rings is 2. The molecule has 0 unspecified atom stereocenters. The summed E-state index contributed by atoms with van der Waals surface area (Å²) in [6.45, 7) is 0. The van der Waals surface area contributed by atoms with Crippen LogP contribution in [0.5, 0.6) is 0 Å². The summed E-state index contributed by atoms with van der Waals surface area (Å²) in [6.07, 6.45) is 0.778. The minimum atomic E-state index is 0.551. The Balaban J connectivity index is 2.79. The molecule has 2 rings (SSSR count). The number of hydrogen-bond donors (Lipinski definition) is 0. The molecule has 0 bridgehead atoms. The van der Waals surface area contributed by atoms with E-state index in [4.69, 9.17) is 11.6 Å². The first-order valence-electron chi connectivity index (χ1n) is 3.87. The van der Waals surface area contributed by atoms with Crippen LogP contribution < -0.4 is 0 Å². The van der Waals surface area contributed by atoms with Crippen LogP contribution in [0.3, 0.4) is 0 Å². The monoisotopic (exact) mass is 189 g/mol. The molecule has 0 heterocycles. The van der Waals surface area contributed by atoms with Crippen molar-refractivity contribution in [1.82, 2.24) is 0 Å². The normalized spacial score (nSPS) is 10.2. The summed E-state index contributed by atoms with van der Waals surface area (Å²) >= 11 is 5.94. The van der Waals surface area contributed by atoms with E-state index in [1.807, 2.05) is 24.3 Å². The van der Waals surface area contributed by atoms with Crippen LogP contribution in [0.2, 0.25) is 5.02 Å². The van der Waals surface area contributed by atoms with Crippen LogP contribution in [-0.4, -0.2) is 6.29 Å². The Morgan fingerprint density at radius 2 is 2.08 bits per heavy atom. The van der Waals surface area contributed by atoms with Crippen molar-refractivity contribution in [2.24, 2.45) is 0 Å². The lowest BCUT2D eigenvalue weighted by Crippen LogP contribution is -1.80. The summed E-state index contributed by atoms with van der Waals surface area (Å²) in [7, 11) is 0. The highest BCUT2D eigenvalue weighted by molar-refractivity contribution is 6.35. The van der Waals surface area contributed by atoms with E-state index in [9.17, 15) is 4.79 Å². The zero-order valence-electron chi connectivity index (χ0n) is 6.75. The molecule has 0 amide bonds. The van der Waals surface area contributed by atoms with Gasteiger partial charge in [-0.1, -0.05) is 35.9 Å². The van der Waals surface area contributed by atoms with E-state index in [2.05, 4.69) is 6.07 Å². The van der Waals surface area contributed by atoms with E-state index in [-0.39, 0.29) is 0 Å². The second-order valence-electron chi connectivity index (χ2n) is 2.73. The molecule has 13 heavy (non-hydrogen) atoms. The lowest BCUT2D eigenvalue weighted by molar-refractivity contribution is 0.112. The maximum atomic E-state index is 10.5. The van der Waals surface area contributed by atoms with E-state index in [1.54, 1.807) is 6.07 Å². The van der Waals surface area contributed by atoms with Gasteiger partial charge >= 0.3 is 0 Å². The van der Waals surface area contributed by atoms with Crippen molar-refractivity contribution in [1.29, 1.82) is 0 Å². The topological polar surface area (TPSA) is 17.1 Å². The number of hydrogen-bond acceptors (Lipinski definition) is 1. The lowest BCUT2D eigenvalue weighted by Gasteiger charge is -1.99. The maximum Gasteiger partial charge on any atom is 0.150 e. The number of aldehydes is 1. The molecule has 2 heteroatoms. The van der Waals surface area contributed by atoms with E-state index >= 15 is 0 Å². The summed E-state index contributed by atoms with van der Waals surface area (Å²) in [5.41, 5.74) is 0.551. The van der Waals surface area contributed by atoms with Crippen LogP contribution in [-0.2, 0) is 0 Å². The quantitative estimate of drug-likeness (QED) is 0.630. The molecule has 0 aliphatic rings. The van der Waals surface area contributed by atoms with Gasteiger partial charge in [0.25, 0.3) is 0 Å². The fourth-order valence-electron chi connectivity index (χ4n) is 1.25. The van der Waals surface area contributed by atoms with Gasteiger partial charge in [0, 0.05) is 22.0 Å². The molecule has 2 aromatic rings. The number of halogens is 1. The van der Waals surface area contributed by atoms with Gasteiger partial charge in [-0.2, -0.15) is 0 Å². The predicted octanol–water partition coefficient (Wildman–Crippen LogP) is 3.11. The van der Waals surface area contributed by atoms with Crippen molar-refractivity contribution in [3.05, 3.63) is 47.0 Å². The van der Waals surface area contributed by atoms with Crippen molar-refractivity contribution >= 4 is 28.7 Å². The van der Waals surface area contributed by atoms with Crippen LogP contribution in [0, 0.1) is 6.07 Å². The Labute approximate surface area is 80.9 Å². The number of carbonyl (C=O) groups excluding carboxylic acids is 1. The zero-order valence-corrected chi connectivity index (χ0v) is 7.51. The Morgan fingerprint density at radius 1 is 1.23 bits per heavy atom. The maximum absolute atomic E-state index is 10.5. The molecule has 0 fully saturated rings. The van der Waals surface area contributed by atoms with Crippen LogP contribution in [0.15, 0.2) is 30.3 Å². The van der Waals surface area contributed by atoms with Crippen molar-refractivity contribution in [2.75, 3.05) is 0 Å². The average Bonchev–Trinajstić information content (AvgIpc) is 2.18. The van der Waals surface area contributed by atoms with Gasteiger partial charge in [-0.3, -0.25) is 4.79 Å². The molecule has 0 saturated heterocycles. The third-order valence-electron chi connectivity index (χ3n) is 1.89. The minimum absolute atomic E-state index is 0.551. The van der Waals surface area contributed by atoms with E-state index in [0.717, 1.165) is 17.1 Å². The molecule has 0 aliphatic heterocycles. The molecule has 0 spiro atoms. The van der Waals surface area contributed by atoms with E-state index in [1.165, 1.54) is 0 Å². The molecular formula is C11H6ClO. The van der Waals surface area contributed by atoms with Gasteiger partial charge in [0.15, 0.2) is 6.29 Å². The molecule has 1 nitrogen and oxygen atoms in total. The summed E-state index contributed by atoms with van der Waals surface area (Å²) in [6, 6.07) is 12.0. The first-order valence-corrected chi connectivity index (χ1v) is 4.25. The first-order chi connectivity index (χ1) is 6.31. The highest BCUT2D eigenvalue weighted by Crippen LogP contribution is 2.22. The van der Waals surface area contributed by atoms with Crippen molar-refractivity contribution in [3.63, 3.8) is 0 Å². The highest BCUT2D eigenvalue weighted by atomic mass is 35.5. The Kier molecular flexibility index (Phi) is 2.03. The van der Waals surface area contributed by atoms with Gasteiger partial charge in [-0.15, -0.1) is 0 Å².